The zero-order valence-electron chi connectivity index (χ0n) is 9.61. The topological polar surface area (TPSA) is 75.4 Å². The molecule has 0 bridgehead atoms. The number of aromatic carboxylic acids is 1. The highest BCUT2D eigenvalue weighted by molar-refractivity contribution is 9.10. The number of carboxylic acids is 1. The monoisotopic (exact) mass is 310 g/mol. The highest BCUT2D eigenvalue weighted by Gasteiger charge is 2.08. The summed E-state index contributed by atoms with van der Waals surface area (Å²) in [5.41, 5.74) is 1.02. The highest BCUT2D eigenvalue weighted by atomic mass is 79.9. The molecule has 0 aliphatic carbocycles. The predicted molar refractivity (Wildman–Crippen MR) is 69.7 cm³/mol. The minimum absolute atomic E-state index is 0.229. The van der Waals surface area contributed by atoms with Crippen LogP contribution in [0, 0.1) is 6.92 Å². The van der Waals surface area contributed by atoms with E-state index in [9.17, 15) is 4.79 Å². The minimum Gasteiger partial charge on any atom is -0.478 e. The number of carboxylic acid groups (broad SMARTS) is 1. The standard InChI is InChI=1S/C12H11BrN2O3/c1-7-5-15-11(18-7)6-14-8-2-3-9(12(16)17)10(13)4-8/h2-5,14H,6H2,1H3,(H,16,17). The molecule has 0 fully saturated rings. The fourth-order valence-corrected chi connectivity index (χ4v) is 2.01. The van der Waals surface area contributed by atoms with E-state index in [0.29, 0.717) is 16.9 Å². The number of benzene rings is 1. The summed E-state index contributed by atoms with van der Waals surface area (Å²) in [4.78, 5) is 14.9. The molecule has 2 aromatic rings. The summed E-state index contributed by atoms with van der Waals surface area (Å²) in [6.07, 6.45) is 1.65. The molecule has 0 saturated heterocycles. The molecule has 0 spiro atoms. The molecule has 0 aliphatic rings. The second kappa shape index (κ2) is 5.22. The van der Waals surface area contributed by atoms with Crippen molar-refractivity contribution in [2.75, 3.05) is 5.32 Å². The molecule has 0 atom stereocenters. The number of halogens is 1. The van der Waals surface area contributed by atoms with Crippen molar-refractivity contribution in [1.82, 2.24) is 4.98 Å². The van der Waals surface area contributed by atoms with Crippen molar-refractivity contribution in [3.05, 3.63) is 46.1 Å². The molecular weight excluding hydrogens is 300 g/mol. The van der Waals surface area contributed by atoms with E-state index in [1.807, 2.05) is 6.92 Å². The van der Waals surface area contributed by atoms with E-state index in [1.54, 1.807) is 18.3 Å². The molecule has 1 aromatic heterocycles. The molecular formula is C12H11BrN2O3. The fraction of sp³-hybridized carbons (Fsp3) is 0.167. The number of hydrogen-bond donors (Lipinski definition) is 2. The number of aryl methyl sites for hydroxylation is 1. The van der Waals surface area contributed by atoms with Crippen molar-refractivity contribution in [2.24, 2.45) is 0 Å². The van der Waals surface area contributed by atoms with Crippen LogP contribution in [0.15, 0.2) is 33.3 Å². The molecule has 94 valence electrons. The minimum atomic E-state index is -0.961. The molecule has 2 rings (SSSR count). The maximum absolute atomic E-state index is 10.8. The summed E-state index contributed by atoms with van der Waals surface area (Å²) in [5.74, 6) is 0.386. The first kappa shape index (κ1) is 12.6. The van der Waals surface area contributed by atoms with Crippen LogP contribution in [0.1, 0.15) is 22.0 Å². The average Bonchev–Trinajstić information content (AvgIpc) is 2.72. The maximum Gasteiger partial charge on any atom is 0.336 e. The molecule has 6 heteroatoms. The summed E-state index contributed by atoms with van der Waals surface area (Å²) < 4.78 is 5.85. The van der Waals surface area contributed by atoms with Crippen molar-refractivity contribution in [3.63, 3.8) is 0 Å². The van der Waals surface area contributed by atoms with Crippen LogP contribution in [0.2, 0.25) is 0 Å². The number of oxazole rings is 1. The normalized spacial score (nSPS) is 10.3. The van der Waals surface area contributed by atoms with E-state index in [4.69, 9.17) is 9.52 Å². The highest BCUT2D eigenvalue weighted by Crippen LogP contribution is 2.22. The molecule has 0 saturated carbocycles. The Kier molecular flexibility index (Phi) is 3.66. The van der Waals surface area contributed by atoms with E-state index >= 15 is 0 Å². The molecule has 1 heterocycles. The first-order valence-electron chi connectivity index (χ1n) is 5.24. The van der Waals surface area contributed by atoms with E-state index in [-0.39, 0.29) is 5.56 Å². The number of nitrogens with one attached hydrogen (secondary N) is 1. The van der Waals surface area contributed by atoms with Crippen LogP contribution in [-0.4, -0.2) is 16.1 Å². The Labute approximate surface area is 112 Å². The van der Waals surface area contributed by atoms with Gasteiger partial charge in [-0.05, 0) is 41.1 Å². The zero-order chi connectivity index (χ0) is 13.1. The van der Waals surface area contributed by atoms with Crippen molar-refractivity contribution in [3.8, 4) is 0 Å². The van der Waals surface area contributed by atoms with Gasteiger partial charge in [0.15, 0.2) is 0 Å². The van der Waals surface area contributed by atoms with Gasteiger partial charge in [-0.2, -0.15) is 0 Å². The van der Waals surface area contributed by atoms with Crippen LogP contribution in [0.5, 0.6) is 0 Å². The Morgan fingerprint density at radius 3 is 2.89 bits per heavy atom. The second-order valence-electron chi connectivity index (χ2n) is 3.72. The van der Waals surface area contributed by atoms with E-state index in [1.165, 1.54) is 6.07 Å². The number of carbonyl (C=O) groups is 1. The molecule has 0 amide bonds. The molecule has 18 heavy (non-hydrogen) atoms. The van der Waals surface area contributed by atoms with E-state index < -0.39 is 5.97 Å². The van der Waals surface area contributed by atoms with Gasteiger partial charge in [0, 0.05) is 10.2 Å². The Morgan fingerprint density at radius 2 is 2.33 bits per heavy atom. The van der Waals surface area contributed by atoms with Gasteiger partial charge in [0.25, 0.3) is 0 Å². The van der Waals surface area contributed by atoms with Gasteiger partial charge in [-0.3, -0.25) is 0 Å². The van der Waals surface area contributed by atoms with Crippen molar-refractivity contribution >= 4 is 27.6 Å². The summed E-state index contributed by atoms with van der Waals surface area (Å²) >= 11 is 3.22. The van der Waals surface area contributed by atoms with Crippen LogP contribution < -0.4 is 5.32 Å². The lowest BCUT2D eigenvalue weighted by molar-refractivity contribution is 0.0696. The van der Waals surface area contributed by atoms with E-state index in [0.717, 1.165) is 11.4 Å². The van der Waals surface area contributed by atoms with Crippen molar-refractivity contribution in [1.29, 1.82) is 0 Å². The third-order valence-corrected chi connectivity index (χ3v) is 2.97. The molecule has 0 aliphatic heterocycles. The molecule has 1 aromatic carbocycles. The number of hydrogen-bond acceptors (Lipinski definition) is 4. The number of aromatic nitrogens is 1. The lowest BCUT2D eigenvalue weighted by atomic mass is 10.2. The van der Waals surface area contributed by atoms with Crippen LogP contribution >= 0.6 is 15.9 Å². The van der Waals surface area contributed by atoms with Gasteiger partial charge in [0.05, 0.1) is 18.3 Å². The molecule has 0 unspecified atom stereocenters. The SMILES string of the molecule is Cc1cnc(CNc2ccc(C(=O)O)c(Br)c2)o1. The van der Waals surface area contributed by atoms with Gasteiger partial charge in [-0.15, -0.1) is 0 Å². The van der Waals surface area contributed by atoms with Crippen molar-refractivity contribution in [2.45, 2.75) is 13.5 Å². The molecule has 0 radical (unpaired) electrons. The first-order chi connectivity index (χ1) is 8.56. The van der Waals surface area contributed by atoms with Crippen LogP contribution in [0.3, 0.4) is 0 Å². The third kappa shape index (κ3) is 2.89. The van der Waals surface area contributed by atoms with Gasteiger partial charge in [-0.25, -0.2) is 9.78 Å². The maximum atomic E-state index is 10.8. The smallest absolute Gasteiger partial charge is 0.336 e. The van der Waals surface area contributed by atoms with Gasteiger partial charge in [-0.1, -0.05) is 0 Å². The number of rotatable bonds is 4. The summed E-state index contributed by atoms with van der Waals surface area (Å²) in [7, 11) is 0. The Balaban J connectivity index is 2.06. The third-order valence-electron chi connectivity index (χ3n) is 2.31. The van der Waals surface area contributed by atoms with Crippen LogP contribution in [0.25, 0.3) is 0 Å². The Hall–Kier alpha value is -1.82. The average molecular weight is 311 g/mol. The Bertz CT molecular complexity index is 580. The number of anilines is 1. The van der Waals surface area contributed by atoms with Gasteiger partial charge >= 0.3 is 5.97 Å². The van der Waals surface area contributed by atoms with Gasteiger partial charge < -0.3 is 14.8 Å². The number of nitrogens with zero attached hydrogens (tertiary/aromatic N) is 1. The summed E-state index contributed by atoms with van der Waals surface area (Å²) in [5, 5.41) is 12.0. The quantitative estimate of drug-likeness (QED) is 0.907. The van der Waals surface area contributed by atoms with Crippen LogP contribution in [0.4, 0.5) is 5.69 Å². The van der Waals surface area contributed by atoms with E-state index in [2.05, 4.69) is 26.2 Å². The lowest BCUT2D eigenvalue weighted by Crippen LogP contribution is -2.02. The molecule has 2 N–H and O–H groups in total. The molecule has 5 nitrogen and oxygen atoms in total. The largest absolute Gasteiger partial charge is 0.478 e. The second-order valence-corrected chi connectivity index (χ2v) is 4.57. The van der Waals surface area contributed by atoms with Crippen molar-refractivity contribution < 1.29 is 14.3 Å². The summed E-state index contributed by atoms with van der Waals surface area (Å²) in [6.45, 7) is 2.28. The predicted octanol–water partition coefficient (Wildman–Crippen LogP) is 3.06. The zero-order valence-corrected chi connectivity index (χ0v) is 11.2. The Morgan fingerprint density at radius 1 is 1.56 bits per heavy atom. The summed E-state index contributed by atoms with van der Waals surface area (Å²) in [6, 6.07) is 4.94. The lowest BCUT2D eigenvalue weighted by Gasteiger charge is -2.06. The van der Waals surface area contributed by atoms with Gasteiger partial charge in [0.1, 0.15) is 5.76 Å². The first-order valence-corrected chi connectivity index (χ1v) is 6.03. The van der Waals surface area contributed by atoms with Gasteiger partial charge in [0.2, 0.25) is 5.89 Å². The fourth-order valence-electron chi connectivity index (χ4n) is 1.46. The van der Waals surface area contributed by atoms with Crippen LogP contribution in [-0.2, 0) is 6.54 Å².